The number of aryl methyl sites for hydroxylation is 1. The van der Waals surface area contributed by atoms with E-state index >= 15 is 0 Å². The molecule has 0 bridgehead atoms. The predicted octanol–water partition coefficient (Wildman–Crippen LogP) is 4.92. The third-order valence-corrected chi connectivity index (χ3v) is 5.06. The maximum absolute atomic E-state index is 12.6. The van der Waals surface area contributed by atoms with Crippen LogP contribution in [-0.4, -0.2) is 27.8 Å². The highest BCUT2D eigenvalue weighted by Crippen LogP contribution is 2.29. The van der Waals surface area contributed by atoms with E-state index in [1.807, 2.05) is 39.8 Å². The fraction of sp³-hybridized carbons (Fsp3) is 0.619. The van der Waals surface area contributed by atoms with Gasteiger partial charge in [0.05, 0.1) is 11.1 Å². The molecular weight excluding hydrogens is 312 g/mol. The van der Waals surface area contributed by atoms with Gasteiger partial charge in [-0.3, -0.25) is 9.48 Å². The molecule has 0 amide bonds. The molecule has 2 aromatic rings. The van der Waals surface area contributed by atoms with Gasteiger partial charge in [-0.2, -0.15) is 5.10 Å². The minimum absolute atomic E-state index is 0.146. The minimum atomic E-state index is -0.146. The third kappa shape index (κ3) is 4.49. The number of hydrogen-bond donors (Lipinski definition) is 0. The van der Waals surface area contributed by atoms with Crippen molar-refractivity contribution in [3.8, 4) is 0 Å². The molecule has 1 aromatic heterocycles. The minimum Gasteiger partial charge on any atom is -0.376 e. The Balaban J connectivity index is 1.66. The Labute approximate surface area is 150 Å². The fourth-order valence-electron chi connectivity index (χ4n) is 3.36. The van der Waals surface area contributed by atoms with E-state index in [4.69, 9.17) is 4.74 Å². The number of rotatable bonds is 7. The van der Waals surface area contributed by atoms with E-state index in [1.165, 1.54) is 19.3 Å². The summed E-state index contributed by atoms with van der Waals surface area (Å²) in [4.78, 5) is 12.6. The monoisotopic (exact) mass is 342 g/mol. The van der Waals surface area contributed by atoms with Gasteiger partial charge in [-0.25, -0.2) is 0 Å². The molecule has 0 unspecified atom stereocenters. The maximum Gasteiger partial charge on any atom is 0.163 e. The van der Waals surface area contributed by atoms with Gasteiger partial charge in [0.15, 0.2) is 5.78 Å². The first kappa shape index (κ1) is 18.1. The van der Waals surface area contributed by atoms with E-state index < -0.39 is 0 Å². The molecule has 0 aliphatic heterocycles. The van der Waals surface area contributed by atoms with Gasteiger partial charge in [0, 0.05) is 36.7 Å². The van der Waals surface area contributed by atoms with E-state index in [0.29, 0.717) is 13.0 Å². The number of carbonyl (C=O) groups is 1. The van der Waals surface area contributed by atoms with Crippen LogP contribution in [0, 0.1) is 12.8 Å². The smallest absolute Gasteiger partial charge is 0.163 e. The van der Waals surface area contributed by atoms with E-state index in [1.54, 1.807) is 0 Å². The summed E-state index contributed by atoms with van der Waals surface area (Å²) in [5.74, 6) is 0.974. The zero-order valence-corrected chi connectivity index (χ0v) is 16.0. The fourth-order valence-corrected chi connectivity index (χ4v) is 3.36. The second-order valence-corrected chi connectivity index (χ2v) is 8.31. The van der Waals surface area contributed by atoms with Gasteiger partial charge in [-0.1, -0.05) is 6.42 Å². The van der Waals surface area contributed by atoms with Crippen molar-refractivity contribution in [2.24, 2.45) is 5.92 Å². The van der Waals surface area contributed by atoms with Gasteiger partial charge < -0.3 is 4.74 Å². The Morgan fingerprint density at radius 1 is 1.32 bits per heavy atom. The summed E-state index contributed by atoms with van der Waals surface area (Å²) >= 11 is 0. The van der Waals surface area contributed by atoms with Crippen LogP contribution < -0.4 is 0 Å². The van der Waals surface area contributed by atoms with Crippen molar-refractivity contribution in [2.45, 2.75) is 71.9 Å². The van der Waals surface area contributed by atoms with Crippen molar-refractivity contribution in [2.75, 3.05) is 6.61 Å². The van der Waals surface area contributed by atoms with Crippen molar-refractivity contribution >= 4 is 16.7 Å². The summed E-state index contributed by atoms with van der Waals surface area (Å²) in [6.45, 7) is 9.77. The zero-order valence-electron chi connectivity index (χ0n) is 16.0. The van der Waals surface area contributed by atoms with Crippen molar-refractivity contribution in [1.29, 1.82) is 0 Å². The number of benzene rings is 1. The molecule has 1 heterocycles. The van der Waals surface area contributed by atoms with E-state index in [0.717, 1.165) is 40.9 Å². The Hall–Kier alpha value is -1.68. The van der Waals surface area contributed by atoms with Crippen LogP contribution in [0.1, 0.15) is 68.8 Å². The highest BCUT2D eigenvalue weighted by atomic mass is 16.5. The number of fused-ring (bicyclic) bond motifs is 1. The third-order valence-electron chi connectivity index (χ3n) is 5.06. The average molecular weight is 342 g/mol. The van der Waals surface area contributed by atoms with E-state index in [2.05, 4.69) is 16.0 Å². The molecule has 1 fully saturated rings. The van der Waals surface area contributed by atoms with Crippen LogP contribution in [-0.2, 0) is 11.3 Å². The van der Waals surface area contributed by atoms with Crippen LogP contribution in [0.2, 0.25) is 0 Å². The summed E-state index contributed by atoms with van der Waals surface area (Å²) in [7, 11) is 0. The molecule has 4 nitrogen and oxygen atoms in total. The Bertz CT molecular complexity index is 751. The highest BCUT2D eigenvalue weighted by molar-refractivity contribution is 6.01. The van der Waals surface area contributed by atoms with Gasteiger partial charge in [-0.15, -0.1) is 0 Å². The SMILES string of the molecule is Cc1c(C(=O)CCCOC(C)(C)C)ccc2nn(CC3CCC3)cc12. The lowest BCUT2D eigenvalue weighted by molar-refractivity contribution is -0.00430. The van der Waals surface area contributed by atoms with Crippen LogP contribution in [0.15, 0.2) is 18.3 Å². The Kier molecular flexibility index (Phi) is 5.28. The number of nitrogens with zero attached hydrogens (tertiary/aromatic N) is 2. The molecule has 136 valence electrons. The molecule has 1 saturated carbocycles. The lowest BCUT2D eigenvalue weighted by Gasteiger charge is -2.24. The number of hydrogen-bond acceptors (Lipinski definition) is 3. The molecule has 0 atom stereocenters. The summed E-state index contributed by atoms with van der Waals surface area (Å²) in [6, 6.07) is 3.92. The highest BCUT2D eigenvalue weighted by Gasteiger charge is 2.19. The first-order chi connectivity index (χ1) is 11.8. The summed E-state index contributed by atoms with van der Waals surface area (Å²) in [5, 5.41) is 5.79. The molecular formula is C21H30N2O2. The van der Waals surface area contributed by atoms with Crippen LogP contribution in [0.4, 0.5) is 0 Å². The van der Waals surface area contributed by atoms with E-state index in [-0.39, 0.29) is 11.4 Å². The molecule has 0 N–H and O–H groups in total. The Morgan fingerprint density at radius 3 is 2.72 bits per heavy atom. The van der Waals surface area contributed by atoms with Crippen molar-refractivity contribution in [1.82, 2.24) is 9.78 Å². The number of ether oxygens (including phenoxy) is 1. The van der Waals surface area contributed by atoms with Crippen LogP contribution in [0.5, 0.6) is 0 Å². The number of carbonyl (C=O) groups excluding carboxylic acids is 1. The first-order valence-electron chi connectivity index (χ1n) is 9.47. The average Bonchev–Trinajstić information content (AvgIpc) is 2.90. The molecule has 0 spiro atoms. The Morgan fingerprint density at radius 2 is 2.08 bits per heavy atom. The molecule has 1 aliphatic rings. The van der Waals surface area contributed by atoms with Crippen molar-refractivity contribution in [3.05, 3.63) is 29.5 Å². The second kappa shape index (κ2) is 7.28. The molecule has 0 saturated heterocycles. The van der Waals surface area contributed by atoms with Gasteiger partial charge in [0.1, 0.15) is 0 Å². The van der Waals surface area contributed by atoms with Gasteiger partial charge in [0.25, 0.3) is 0 Å². The summed E-state index contributed by atoms with van der Waals surface area (Å²) < 4.78 is 7.77. The number of Topliss-reactive ketones (excluding diaryl/α,β-unsaturated/α-hetero) is 1. The number of ketones is 1. The maximum atomic E-state index is 12.6. The van der Waals surface area contributed by atoms with Crippen molar-refractivity contribution < 1.29 is 9.53 Å². The van der Waals surface area contributed by atoms with E-state index in [9.17, 15) is 4.79 Å². The second-order valence-electron chi connectivity index (χ2n) is 8.31. The summed E-state index contributed by atoms with van der Waals surface area (Å²) in [6.07, 6.45) is 7.38. The summed E-state index contributed by atoms with van der Waals surface area (Å²) in [5.41, 5.74) is 2.72. The van der Waals surface area contributed by atoms with Crippen molar-refractivity contribution in [3.63, 3.8) is 0 Å². The van der Waals surface area contributed by atoms with Crippen LogP contribution in [0.25, 0.3) is 10.9 Å². The molecule has 1 aliphatic carbocycles. The number of aromatic nitrogens is 2. The molecule has 1 aromatic carbocycles. The molecule has 3 rings (SSSR count). The van der Waals surface area contributed by atoms with Crippen LogP contribution in [0.3, 0.4) is 0 Å². The lowest BCUT2D eigenvalue weighted by Crippen LogP contribution is -2.20. The zero-order chi connectivity index (χ0) is 18.0. The van der Waals surface area contributed by atoms with Gasteiger partial charge in [0.2, 0.25) is 0 Å². The largest absolute Gasteiger partial charge is 0.376 e. The molecule has 4 heteroatoms. The molecule has 25 heavy (non-hydrogen) atoms. The lowest BCUT2D eigenvalue weighted by atomic mass is 9.85. The standard InChI is InChI=1S/C21H30N2O2/c1-15-17(20(24)9-6-12-25-21(2,3)4)10-11-19-18(15)14-23(22-19)13-16-7-5-8-16/h10-11,14,16H,5-9,12-13H2,1-4H3. The van der Waals surface area contributed by atoms with Crippen LogP contribution >= 0.6 is 0 Å². The first-order valence-corrected chi connectivity index (χ1v) is 9.47. The normalized spacial score (nSPS) is 15.5. The topological polar surface area (TPSA) is 44.1 Å². The quantitative estimate of drug-likeness (QED) is 0.530. The predicted molar refractivity (Wildman–Crippen MR) is 101 cm³/mol. The molecule has 0 radical (unpaired) electrons. The van der Waals surface area contributed by atoms with Gasteiger partial charge in [-0.05, 0) is 70.6 Å². The van der Waals surface area contributed by atoms with Gasteiger partial charge >= 0.3 is 0 Å².